The van der Waals surface area contributed by atoms with Crippen LogP contribution in [0.25, 0.3) is 27.5 Å². The van der Waals surface area contributed by atoms with Crippen molar-refractivity contribution in [3.8, 4) is 5.69 Å². The summed E-state index contributed by atoms with van der Waals surface area (Å²) in [7, 11) is -2.82. The highest BCUT2D eigenvalue weighted by Gasteiger charge is 2.49. The topological polar surface area (TPSA) is 14.7 Å². The molecule has 3 aliphatic heterocycles. The number of fused-ring (bicyclic) bond motifs is 9. The van der Waals surface area contributed by atoms with Crippen molar-refractivity contribution in [1.29, 1.82) is 0 Å². The van der Waals surface area contributed by atoms with Crippen LogP contribution in [0.2, 0.25) is 0 Å². The standard InChI is InChI=1S/C66H45BN4Si/c1-5-22-46(23-6-1)68-58-42-40-48(70-56-32-15-13-30-52(56)53-31-14-16-33-57(53)70)44-54(58)67-55-45-49(41-43-59(55)69(47-24-7-2-8-25-47)63-37-21-36-62(68)66(63)67)71-60-34-17-19-38-64(60)72(50-26-9-3-10-27-50,51-28-11-4-12-29-51)65-39-20-18-35-61(65)71/h1-45H. The van der Waals surface area contributed by atoms with Gasteiger partial charge in [-0.3, -0.25) is 0 Å². The van der Waals surface area contributed by atoms with E-state index in [0.717, 1.165) is 22.7 Å². The van der Waals surface area contributed by atoms with E-state index in [1.165, 1.54) is 93.1 Å². The first kappa shape index (κ1) is 40.8. The van der Waals surface area contributed by atoms with E-state index < -0.39 is 8.07 Å². The lowest BCUT2D eigenvalue weighted by Gasteiger charge is -2.46. The lowest BCUT2D eigenvalue weighted by molar-refractivity contribution is 1.18. The SMILES string of the molecule is c1ccc(N2c3ccc(N4c5ccccc5[Si](c5ccccc5)(c5ccccc5)c5ccccc54)cc3B3c4cc(-n5c6ccccc6c6ccccc65)ccc4N(c4ccccc4)c4cccc2c43)cc1. The Hall–Kier alpha value is -9.10. The molecule has 1 aromatic heterocycles. The van der Waals surface area contributed by atoms with E-state index in [9.17, 15) is 0 Å². The summed E-state index contributed by atoms with van der Waals surface area (Å²) in [4.78, 5) is 7.55. The molecule has 0 aliphatic carbocycles. The van der Waals surface area contributed by atoms with Crippen molar-refractivity contribution in [3.05, 3.63) is 273 Å². The van der Waals surface area contributed by atoms with Gasteiger partial charge in [0.25, 0.3) is 6.71 Å². The van der Waals surface area contributed by atoms with E-state index in [4.69, 9.17) is 0 Å². The van der Waals surface area contributed by atoms with Gasteiger partial charge in [-0.1, -0.05) is 176 Å². The van der Waals surface area contributed by atoms with Crippen LogP contribution in [0.15, 0.2) is 273 Å². The predicted molar refractivity (Wildman–Crippen MR) is 307 cm³/mol. The van der Waals surface area contributed by atoms with Gasteiger partial charge in [-0.05, 0) is 134 Å². The highest BCUT2D eigenvalue weighted by atomic mass is 28.3. The number of aromatic nitrogens is 1. The zero-order chi connectivity index (χ0) is 47.3. The van der Waals surface area contributed by atoms with Crippen LogP contribution >= 0.6 is 0 Å². The van der Waals surface area contributed by atoms with Crippen LogP contribution in [0.5, 0.6) is 0 Å². The zero-order valence-corrected chi connectivity index (χ0v) is 40.3. The van der Waals surface area contributed by atoms with Crippen LogP contribution in [0, 0.1) is 0 Å². The molecule has 6 heteroatoms. The normalized spacial score (nSPS) is 13.8. The molecule has 0 amide bonds. The number of benzene rings is 11. The smallest absolute Gasteiger partial charge is 0.252 e. The van der Waals surface area contributed by atoms with Gasteiger partial charge in [0.1, 0.15) is 0 Å². The maximum atomic E-state index is 2.56. The maximum absolute atomic E-state index is 2.82. The van der Waals surface area contributed by atoms with Gasteiger partial charge >= 0.3 is 0 Å². The van der Waals surface area contributed by atoms with Gasteiger partial charge in [0.15, 0.2) is 8.07 Å². The zero-order valence-electron chi connectivity index (χ0n) is 39.3. The molecule has 0 unspecified atom stereocenters. The van der Waals surface area contributed by atoms with Crippen molar-refractivity contribution < 1.29 is 0 Å². The highest BCUT2D eigenvalue weighted by Crippen LogP contribution is 2.46. The van der Waals surface area contributed by atoms with Crippen LogP contribution < -0.4 is 51.8 Å². The van der Waals surface area contributed by atoms with Crippen molar-refractivity contribution in [2.75, 3.05) is 14.7 Å². The Morgan fingerprint density at radius 3 is 1.18 bits per heavy atom. The summed E-state index contributed by atoms with van der Waals surface area (Å²) in [5.74, 6) is 0. The van der Waals surface area contributed by atoms with Gasteiger partial charge in [0.05, 0.1) is 11.0 Å². The number of hydrogen-bond donors (Lipinski definition) is 0. The maximum Gasteiger partial charge on any atom is 0.252 e. The Balaban J connectivity index is 1.01. The lowest BCUT2D eigenvalue weighted by Crippen LogP contribution is -2.77. The molecule has 3 aliphatic rings. The van der Waals surface area contributed by atoms with Crippen molar-refractivity contribution in [3.63, 3.8) is 0 Å². The van der Waals surface area contributed by atoms with Gasteiger partial charge in [0, 0.05) is 67.6 Å². The van der Waals surface area contributed by atoms with E-state index >= 15 is 0 Å². The summed E-state index contributed by atoms with van der Waals surface area (Å²) in [5.41, 5.74) is 17.9. The minimum absolute atomic E-state index is 0.105. The summed E-state index contributed by atoms with van der Waals surface area (Å²) < 4.78 is 2.47. The average Bonchev–Trinajstić information content (AvgIpc) is 3.80. The summed E-state index contributed by atoms with van der Waals surface area (Å²) >= 11 is 0. The minimum Gasteiger partial charge on any atom is -0.311 e. The molecule has 0 spiro atoms. The number of anilines is 9. The first-order valence-electron chi connectivity index (χ1n) is 25.0. The molecule has 0 saturated carbocycles. The second kappa shape index (κ2) is 16.0. The Labute approximate surface area is 420 Å². The second-order valence-corrected chi connectivity index (χ2v) is 22.9. The van der Waals surface area contributed by atoms with Crippen LogP contribution in [-0.4, -0.2) is 19.4 Å². The molecule has 0 fully saturated rings. The van der Waals surface area contributed by atoms with Crippen molar-refractivity contribution in [2.45, 2.75) is 0 Å². The largest absolute Gasteiger partial charge is 0.311 e. The molecular formula is C66H45BN4Si. The molecule has 4 nitrogen and oxygen atoms in total. The Kier molecular flexibility index (Phi) is 9.04. The van der Waals surface area contributed by atoms with Crippen LogP contribution in [0.3, 0.4) is 0 Å². The van der Waals surface area contributed by atoms with Crippen LogP contribution in [-0.2, 0) is 0 Å². The quantitative estimate of drug-likeness (QED) is 0.154. The van der Waals surface area contributed by atoms with Crippen LogP contribution in [0.4, 0.5) is 51.2 Å². The summed E-state index contributed by atoms with van der Waals surface area (Å²) in [6.45, 7) is -0.105. The Morgan fingerprint density at radius 1 is 0.278 bits per heavy atom. The third kappa shape index (κ3) is 5.75. The fourth-order valence-electron chi connectivity index (χ4n) is 12.8. The molecule has 0 atom stereocenters. The molecule has 0 saturated heterocycles. The third-order valence-electron chi connectivity index (χ3n) is 15.6. The molecule has 336 valence electrons. The third-order valence-corrected chi connectivity index (χ3v) is 20.5. The average molecular weight is 933 g/mol. The second-order valence-electron chi connectivity index (χ2n) is 19.2. The molecule has 15 rings (SSSR count). The van der Waals surface area contributed by atoms with E-state index in [-0.39, 0.29) is 6.71 Å². The molecule has 11 aromatic carbocycles. The van der Waals surface area contributed by atoms with Gasteiger partial charge in [0.2, 0.25) is 0 Å². The highest BCUT2D eigenvalue weighted by molar-refractivity contribution is 7.21. The van der Waals surface area contributed by atoms with E-state index in [0.29, 0.717) is 0 Å². The number of nitrogens with zero attached hydrogens (tertiary/aromatic N) is 4. The van der Waals surface area contributed by atoms with Crippen molar-refractivity contribution in [1.82, 2.24) is 4.57 Å². The van der Waals surface area contributed by atoms with Crippen LogP contribution in [0.1, 0.15) is 0 Å². The number of para-hydroxylation sites is 6. The van der Waals surface area contributed by atoms with E-state index in [2.05, 4.69) is 292 Å². The Morgan fingerprint density at radius 2 is 0.667 bits per heavy atom. The van der Waals surface area contributed by atoms with Crippen molar-refractivity contribution >= 4 is 125 Å². The molecule has 0 radical (unpaired) electrons. The Bertz CT molecular complexity index is 3930. The molecule has 4 heterocycles. The first-order chi connectivity index (χ1) is 35.8. The van der Waals surface area contributed by atoms with E-state index in [1.54, 1.807) is 0 Å². The van der Waals surface area contributed by atoms with Gasteiger partial charge in [-0.15, -0.1) is 0 Å². The molecule has 12 aromatic rings. The minimum atomic E-state index is -2.82. The van der Waals surface area contributed by atoms with Gasteiger partial charge in [-0.2, -0.15) is 0 Å². The number of rotatable bonds is 6. The fourth-order valence-corrected chi connectivity index (χ4v) is 17.9. The fraction of sp³-hybridized carbons (Fsp3) is 0. The predicted octanol–water partition coefficient (Wildman–Crippen LogP) is 12.0. The van der Waals surface area contributed by atoms with Crippen molar-refractivity contribution in [2.24, 2.45) is 0 Å². The van der Waals surface area contributed by atoms with Gasteiger partial charge in [-0.25, -0.2) is 0 Å². The first-order valence-corrected chi connectivity index (χ1v) is 27.0. The lowest BCUT2D eigenvalue weighted by atomic mass is 9.33. The van der Waals surface area contributed by atoms with Gasteiger partial charge < -0.3 is 19.3 Å². The summed E-state index contributed by atoms with van der Waals surface area (Å²) in [6, 6.07) is 102. The monoisotopic (exact) mass is 932 g/mol. The van der Waals surface area contributed by atoms with E-state index in [1.807, 2.05) is 0 Å². The summed E-state index contributed by atoms with van der Waals surface area (Å²) in [6.07, 6.45) is 0. The summed E-state index contributed by atoms with van der Waals surface area (Å²) in [5, 5.41) is 8.03. The molecule has 72 heavy (non-hydrogen) atoms. The number of hydrogen-bond acceptors (Lipinski definition) is 3. The molecule has 0 bridgehead atoms. The molecular weight excluding hydrogens is 888 g/mol. The molecule has 0 N–H and O–H groups in total.